The van der Waals surface area contributed by atoms with Gasteiger partial charge in [0, 0.05) is 16.9 Å². The average molecular weight is 292 g/mol. The van der Waals surface area contributed by atoms with Gasteiger partial charge in [0.15, 0.2) is 0 Å². The van der Waals surface area contributed by atoms with Crippen molar-refractivity contribution in [1.29, 1.82) is 0 Å². The Morgan fingerprint density at radius 3 is 2.33 bits per heavy atom. The monoisotopic (exact) mass is 292 g/mol. The maximum Gasteiger partial charge on any atom is 0.417 e. The molecule has 0 bridgehead atoms. The third-order valence-electron chi connectivity index (χ3n) is 3.11. The van der Waals surface area contributed by atoms with Gasteiger partial charge in [-0.3, -0.25) is 0 Å². The lowest BCUT2D eigenvalue weighted by atomic mass is 10.1. The van der Waals surface area contributed by atoms with E-state index in [1.54, 1.807) is 18.2 Å². The summed E-state index contributed by atoms with van der Waals surface area (Å²) in [6.45, 7) is 0. The first-order valence-electron chi connectivity index (χ1n) is 6.07. The van der Waals surface area contributed by atoms with Crippen LogP contribution in [0.1, 0.15) is 5.56 Å². The lowest BCUT2D eigenvalue weighted by Crippen LogP contribution is -2.08. The number of fused-ring (bicyclic) bond motifs is 1. The Bertz CT molecular complexity index is 821. The van der Waals surface area contributed by atoms with Gasteiger partial charge in [-0.15, -0.1) is 0 Å². The molecule has 1 aromatic heterocycles. The van der Waals surface area contributed by atoms with Gasteiger partial charge in [0.05, 0.1) is 16.6 Å². The van der Waals surface area contributed by atoms with E-state index in [0.29, 0.717) is 16.7 Å². The molecule has 0 aliphatic rings. The Kier molecular flexibility index (Phi) is 2.79. The van der Waals surface area contributed by atoms with Crippen molar-refractivity contribution < 1.29 is 13.2 Å². The summed E-state index contributed by atoms with van der Waals surface area (Å²) in [5, 5.41) is 0. The van der Waals surface area contributed by atoms with Crippen molar-refractivity contribution in [3.8, 4) is 11.4 Å². The van der Waals surface area contributed by atoms with E-state index in [2.05, 4.69) is 9.97 Å². The number of nitrogens with two attached hydrogens (primary N) is 2. The molecule has 1 heterocycles. The number of nitrogens with zero attached hydrogens (tertiary/aromatic N) is 1. The minimum Gasteiger partial charge on any atom is -0.399 e. The molecule has 0 radical (unpaired) electrons. The number of aromatic amines is 1. The molecule has 7 heteroatoms. The highest BCUT2D eigenvalue weighted by Crippen LogP contribution is 2.37. The van der Waals surface area contributed by atoms with E-state index in [9.17, 15) is 13.2 Å². The number of H-pyrrole nitrogens is 1. The molecule has 4 nitrogen and oxygen atoms in total. The SMILES string of the molecule is Nc1ccc(-c2nc3cc(N)ccc3[nH]2)c(C(F)(F)F)c1. The minimum absolute atomic E-state index is 0.0476. The zero-order valence-electron chi connectivity index (χ0n) is 10.7. The Balaban J connectivity index is 2.22. The highest BCUT2D eigenvalue weighted by Gasteiger charge is 2.34. The van der Waals surface area contributed by atoms with Gasteiger partial charge >= 0.3 is 6.18 Å². The maximum atomic E-state index is 13.1. The molecule has 3 rings (SSSR count). The first kappa shape index (κ1) is 13.3. The first-order chi connectivity index (χ1) is 9.84. The second kappa shape index (κ2) is 4.41. The molecule has 0 fully saturated rings. The van der Waals surface area contributed by atoms with Crippen LogP contribution < -0.4 is 11.5 Å². The molecule has 3 aromatic rings. The quantitative estimate of drug-likeness (QED) is 0.601. The summed E-state index contributed by atoms with van der Waals surface area (Å²) in [6, 6.07) is 8.53. The molecule has 0 amide bonds. The zero-order chi connectivity index (χ0) is 15.2. The largest absolute Gasteiger partial charge is 0.417 e. The number of aromatic nitrogens is 2. The summed E-state index contributed by atoms with van der Waals surface area (Å²) in [5.41, 5.74) is 11.9. The van der Waals surface area contributed by atoms with E-state index < -0.39 is 11.7 Å². The Hall–Kier alpha value is -2.70. The first-order valence-corrected chi connectivity index (χ1v) is 6.07. The number of alkyl halides is 3. The molecule has 0 saturated carbocycles. The minimum atomic E-state index is -4.51. The molecule has 2 aromatic carbocycles. The van der Waals surface area contributed by atoms with Crippen molar-refractivity contribution in [2.45, 2.75) is 6.18 Å². The van der Waals surface area contributed by atoms with Gasteiger partial charge in [-0.25, -0.2) is 4.98 Å². The van der Waals surface area contributed by atoms with E-state index in [4.69, 9.17) is 11.5 Å². The van der Waals surface area contributed by atoms with Crippen LogP contribution in [0, 0.1) is 0 Å². The Morgan fingerprint density at radius 1 is 0.952 bits per heavy atom. The van der Waals surface area contributed by atoms with E-state index in [1.165, 1.54) is 12.1 Å². The molecule has 0 spiro atoms. The van der Waals surface area contributed by atoms with Crippen LogP contribution in [-0.2, 0) is 6.18 Å². The van der Waals surface area contributed by atoms with Gasteiger partial charge < -0.3 is 16.5 Å². The standard InChI is InChI=1S/C14H11F3N4/c15-14(16,17)10-5-7(18)1-3-9(10)13-20-11-4-2-8(19)6-12(11)21-13/h1-6H,18-19H2,(H,20,21). The van der Waals surface area contributed by atoms with E-state index in [1.807, 2.05) is 0 Å². The van der Waals surface area contributed by atoms with E-state index in [0.717, 1.165) is 6.07 Å². The summed E-state index contributed by atoms with van der Waals surface area (Å²) in [7, 11) is 0. The number of anilines is 2. The van der Waals surface area contributed by atoms with Gasteiger partial charge in [-0.05, 0) is 36.4 Å². The zero-order valence-corrected chi connectivity index (χ0v) is 10.7. The predicted molar refractivity (Wildman–Crippen MR) is 75.4 cm³/mol. The van der Waals surface area contributed by atoms with Gasteiger partial charge in [-0.2, -0.15) is 13.2 Å². The number of imidazole rings is 1. The number of nitrogen functional groups attached to an aromatic ring is 2. The van der Waals surface area contributed by atoms with E-state index >= 15 is 0 Å². The second-order valence-electron chi connectivity index (χ2n) is 4.66. The average Bonchev–Trinajstić information content (AvgIpc) is 2.80. The number of nitrogens with one attached hydrogen (secondary N) is 1. The van der Waals surface area contributed by atoms with Crippen LogP contribution in [0.15, 0.2) is 36.4 Å². The number of halogens is 3. The van der Waals surface area contributed by atoms with Crippen molar-refractivity contribution in [2.75, 3.05) is 11.5 Å². The molecule has 0 aliphatic heterocycles. The highest BCUT2D eigenvalue weighted by molar-refractivity contribution is 5.83. The summed E-state index contributed by atoms with van der Waals surface area (Å²) in [5.74, 6) is 0.128. The third-order valence-corrected chi connectivity index (χ3v) is 3.11. The summed E-state index contributed by atoms with van der Waals surface area (Å²) in [4.78, 5) is 7.03. The van der Waals surface area contributed by atoms with Gasteiger partial charge in [0.25, 0.3) is 0 Å². The van der Waals surface area contributed by atoms with Crippen LogP contribution in [-0.4, -0.2) is 9.97 Å². The van der Waals surface area contributed by atoms with Crippen LogP contribution in [0.3, 0.4) is 0 Å². The number of benzene rings is 2. The normalized spacial score (nSPS) is 12.0. The molecule has 0 saturated heterocycles. The predicted octanol–water partition coefficient (Wildman–Crippen LogP) is 3.41. The maximum absolute atomic E-state index is 13.1. The van der Waals surface area contributed by atoms with Crippen molar-refractivity contribution >= 4 is 22.4 Å². The smallest absolute Gasteiger partial charge is 0.399 e. The number of hydrogen-bond donors (Lipinski definition) is 3. The third kappa shape index (κ3) is 2.37. The molecule has 21 heavy (non-hydrogen) atoms. The fourth-order valence-corrected chi connectivity index (χ4v) is 2.15. The summed E-state index contributed by atoms with van der Waals surface area (Å²) in [6.07, 6.45) is -4.51. The molecule has 108 valence electrons. The molecule has 0 atom stereocenters. The van der Waals surface area contributed by atoms with Crippen molar-refractivity contribution in [3.05, 3.63) is 42.0 Å². The summed E-state index contributed by atoms with van der Waals surface area (Å²) >= 11 is 0. The van der Waals surface area contributed by atoms with Crippen LogP contribution in [0.5, 0.6) is 0 Å². The van der Waals surface area contributed by atoms with Crippen LogP contribution >= 0.6 is 0 Å². The number of hydrogen-bond acceptors (Lipinski definition) is 3. The molecule has 0 unspecified atom stereocenters. The Morgan fingerprint density at radius 2 is 1.62 bits per heavy atom. The van der Waals surface area contributed by atoms with Gasteiger partial charge in [0.2, 0.25) is 0 Å². The fraction of sp³-hybridized carbons (Fsp3) is 0.0714. The molecule has 0 aliphatic carbocycles. The van der Waals surface area contributed by atoms with E-state index in [-0.39, 0.29) is 17.1 Å². The molecular formula is C14H11F3N4. The Labute approximate surface area is 117 Å². The van der Waals surface area contributed by atoms with Gasteiger partial charge in [-0.1, -0.05) is 0 Å². The van der Waals surface area contributed by atoms with Crippen molar-refractivity contribution in [2.24, 2.45) is 0 Å². The summed E-state index contributed by atoms with van der Waals surface area (Å²) < 4.78 is 39.3. The second-order valence-corrected chi connectivity index (χ2v) is 4.66. The highest BCUT2D eigenvalue weighted by atomic mass is 19.4. The number of rotatable bonds is 1. The fourth-order valence-electron chi connectivity index (χ4n) is 2.15. The van der Waals surface area contributed by atoms with Crippen LogP contribution in [0.2, 0.25) is 0 Å². The van der Waals surface area contributed by atoms with Gasteiger partial charge in [0.1, 0.15) is 5.82 Å². The van der Waals surface area contributed by atoms with Crippen molar-refractivity contribution in [1.82, 2.24) is 9.97 Å². The lowest BCUT2D eigenvalue weighted by molar-refractivity contribution is -0.137. The molecule has 5 N–H and O–H groups in total. The topological polar surface area (TPSA) is 80.7 Å². The molecular weight excluding hydrogens is 281 g/mol. The van der Waals surface area contributed by atoms with Crippen LogP contribution in [0.4, 0.5) is 24.5 Å². The lowest BCUT2D eigenvalue weighted by Gasteiger charge is -2.11. The van der Waals surface area contributed by atoms with Crippen LogP contribution in [0.25, 0.3) is 22.4 Å². The van der Waals surface area contributed by atoms with Crippen molar-refractivity contribution in [3.63, 3.8) is 0 Å².